The summed E-state index contributed by atoms with van der Waals surface area (Å²) in [6.45, 7) is 32.1. The highest BCUT2D eigenvalue weighted by molar-refractivity contribution is 6.76. The molecule has 0 amide bonds. The predicted molar refractivity (Wildman–Crippen MR) is 218 cm³/mol. The predicted octanol–water partition coefficient (Wildman–Crippen LogP) is 9.07. The molecular weight excluding hydrogens is 709 g/mol. The van der Waals surface area contributed by atoms with Gasteiger partial charge in [-0.25, -0.2) is 0 Å². The molecule has 0 aromatic heterocycles. The molecule has 0 bridgehead atoms. The highest BCUT2D eigenvalue weighted by Gasteiger charge is 2.70. The van der Waals surface area contributed by atoms with Crippen molar-refractivity contribution in [2.45, 2.75) is 175 Å². The van der Waals surface area contributed by atoms with Gasteiger partial charge in [0.15, 0.2) is 22.4 Å². The van der Waals surface area contributed by atoms with Crippen LogP contribution in [-0.4, -0.2) is 101 Å². The molecule has 0 heterocycles. The van der Waals surface area contributed by atoms with Crippen molar-refractivity contribution < 1.29 is 42.5 Å². The molecule has 306 valence electrons. The van der Waals surface area contributed by atoms with E-state index in [4.69, 9.17) is 27.8 Å². The Morgan fingerprint density at radius 2 is 1.48 bits per heavy atom. The Morgan fingerprint density at radius 3 is 1.98 bits per heavy atom. The highest BCUT2D eigenvalue weighted by atomic mass is 28.4. The number of methoxy groups -OCH3 is 1. The molecule has 0 radical (unpaired) electrons. The lowest BCUT2D eigenvalue weighted by molar-refractivity contribution is -0.258. The molecule has 0 aliphatic heterocycles. The van der Waals surface area contributed by atoms with Crippen molar-refractivity contribution in [3.63, 3.8) is 0 Å². The number of aliphatic hydroxyl groups is 1. The molecule has 2 saturated carbocycles. The Kier molecular flexibility index (Phi) is 17.7. The van der Waals surface area contributed by atoms with Gasteiger partial charge in [0.2, 0.25) is 0 Å². The molecule has 0 spiro atoms. The lowest BCUT2D eigenvalue weighted by atomic mass is 9.41. The fourth-order valence-corrected chi connectivity index (χ4v) is 14.2. The summed E-state index contributed by atoms with van der Waals surface area (Å²) >= 11 is 0. The van der Waals surface area contributed by atoms with Crippen LogP contribution in [0.1, 0.15) is 94.4 Å². The molecule has 0 saturated heterocycles. The van der Waals surface area contributed by atoms with Gasteiger partial charge in [-0.2, -0.15) is 0 Å². The SMILES string of the molecule is CC[Si](CC)(CC)O[C@@H]1C[C@@H](C(C)(C)C(=O)CO)[C@](C=O)(CCCOCOC)[C@H]2[C@@H](O[Si](C)(C)C(C)(C)C)CC[C@@H](OCOCC[Si](C)(C)C)[C@@]21C. The van der Waals surface area contributed by atoms with Crippen LogP contribution >= 0.6 is 0 Å². The van der Waals surface area contributed by atoms with Crippen molar-refractivity contribution in [2.24, 2.45) is 28.1 Å². The molecule has 0 aromatic carbocycles. The summed E-state index contributed by atoms with van der Waals surface area (Å²) in [5, 5.41) is 10.3. The van der Waals surface area contributed by atoms with Gasteiger partial charge in [-0.1, -0.05) is 82.0 Å². The average Bonchev–Trinajstić information content (AvgIpc) is 3.06. The molecule has 2 fully saturated rings. The minimum Gasteiger partial charge on any atom is -0.414 e. The fraction of sp³-hybridized carbons (Fsp3) is 0.950. The second kappa shape index (κ2) is 19.2. The van der Waals surface area contributed by atoms with Gasteiger partial charge in [0.1, 0.15) is 26.5 Å². The Balaban J connectivity index is 2.94. The minimum absolute atomic E-state index is 0.0520. The van der Waals surface area contributed by atoms with E-state index in [1.54, 1.807) is 7.11 Å². The quantitative estimate of drug-likeness (QED) is 0.0470. The van der Waals surface area contributed by atoms with Crippen LogP contribution in [0.2, 0.25) is 61.9 Å². The van der Waals surface area contributed by atoms with E-state index in [-0.39, 0.29) is 48.6 Å². The van der Waals surface area contributed by atoms with Gasteiger partial charge < -0.3 is 37.7 Å². The summed E-state index contributed by atoms with van der Waals surface area (Å²) in [5.74, 6) is -0.980. The number of hydrogen-bond acceptors (Lipinski definition) is 9. The molecule has 2 aliphatic rings. The highest BCUT2D eigenvalue weighted by Crippen LogP contribution is 2.66. The third-order valence-electron chi connectivity index (χ3n) is 13.8. The third kappa shape index (κ3) is 10.8. The van der Waals surface area contributed by atoms with E-state index in [1.165, 1.54) is 6.29 Å². The molecule has 9 nitrogen and oxygen atoms in total. The van der Waals surface area contributed by atoms with Crippen LogP contribution in [0, 0.1) is 28.1 Å². The summed E-state index contributed by atoms with van der Waals surface area (Å²) in [6.07, 6.45) is 3.51. The summed E-state index contributed by atoms with van der Waals surface area (Å²) in [5.41, 5.74) is -2.62. The number of ether oxygens (including phenoxy) is 4. The van der Waals surface area contributed by atoms with Crippen LogP contribution in [0.3, 0.4) is 0 Å². The van der Waals surface area contributed by atoms with E-state index in [1.807, 2.05) is 13.8 Å². The first kappa shape index (κ1) is 47.9. The van der Waals surface area contributed by atoms with Crippen LogP contribution in [0.25, 0.3) is 0 Å². The van der Waals surface area contributed by atoms with Crippen LogP contribution in [-0.2, 0) is 37.4 Å². The van der Waals surface area contributed by atoms with E-state index < -0.39 is 53.5 Å². The second-order valence-corrected chi connectivity index (χ2v) is 34.5. The molecule has 52 heavy (non-hydrogen) atoms. The maximum absolute atomic E-state index is 14.4. The monoisotopic (exact) mass is 789 g/mol. The normalized spacial score (nSPS) is 29.2. The second-order valence-electron chi connectivity index (χ2n) is 19.4. The maximum atomic E-state index is 14.4. The first-order chi connectivity index (χ1) is 24.0. The van der Waals surface area contributed by atoms with Crippen LogP contribution in [0.4, 0.5) is 0 Å². The molecule has 2 aliphatic carbocycles. The molecule has 0 aromatic rings. The van der Waals surface area contributed by atoms with Gasteiger partial charge in [0.05, 0.1) is 12.2 Å². The summed E-state index contributed by atoms with van der Waals surface area (Å²) in [4.78, 5) is 28.2. The van der Waals surface area contributed by atoms with Crippen molar-refractivity contribution in [1.82, 2.24) is 0 Å². The van der Waals surface area contributed by atoms with E-state index >= 15 is 0 Å². The molecule has 0 unspecified atom stereocenters. The number of Topliss-reactive ketones (excluding diaryl/α,β-unsaturated/α-hetero) is 1. The Bertz CT molecular complexity index is 1110. The third-order valence-corrected chi connectivity index (χ3v) is 24.7. The summed E-state index contributed by atoms with van der Waals surface area (Å²) in [6, 6.07) is 3.99. The zero-order chi connectivity index (χ0) is 39.8. The zero-order valence-corrected chi connectivity index (χ0v) is 39.1. The number of aliphatic hydroxyl groups excluding tert-OH is 1. The van der Waals surface area contributed by atoms with E-state index in [0.717, 1.165) is 37.0 Å². The molecular formula is C40H80O9Si3. The molecule has 12 heteroatoms. The van der Waals surface area contributed by atoms with Crippen LogP contribution in [0.15, 0.2) is 0 Å². The topological polar surface area (TPSA) is 110 Å². The Labute approximate surface area is 321 Å². The Morgan fingerprint density at radius 1 is 0.885 bits per heavy atom. The zero-order valence-electron chi connectivity index (χ0n) is 36.1. The summed E-state index contributed by atoms with van der Waals surface area (Å²) in [7, 11) is -4.24. The molecule has 2 rings (SSSR count). The largest absolute Gasteiger partial charge is 0.414 e. The van der Waals surface area contributed by atoms with Crippen molar-refractivity contribution in [2.75, 3.05) is 40.5 Å². The van der Waals surface area contributed by atoms with Crippen molar-refractivity contribution in [3.05, 3.63) is 0 Å². The van der Waals surface area contributed by atoms with Crippen LogP contribution < -0.4 is 0 Å². The minimum atomic E-state index is -2.35. The number of fused-ring (bicyclic) bond motifs is 1. The number of aldehydes is 1. The van der Waals surface area contributed by atoms with Gasteiger partial charge in [-0.05, 0) is 80.3 Å². The van der Waals surface area contributed by atoms with E-state index in [2.05, 4.69) is 81.2 Å². The number of carbonyl (C=O) groups excluding carboxylic acids is 2. The maximum Gasteiger partial charge on any atom is 0.192 e. The first-order valence-electron chi connectivity index (χ1n) is 20.2. The standard InChI is InChI=1S/C40H80O9Si3/c1-16-52(17-2,18-3)49-35-26-32(38(7,8)33(43)27-41)40(28-42,22-19-23-45-29-44-10)36-31(48-51(14,15)37(4,5)6)20-21-34(39(35,36)9)47-30-46-24-25-50(11,12)13/h28,31-32,34-36,41H,16-27,29-30H2,1-15H3/t31-,32-,34+,35+,36-,39+,40+/m0/s1. The van der Waals surface area contributed by atoms with E-state index in [9.17, 15) is 14.7 Å². The van der Waals surface area contributed by atoms with Crippen molar-refractivity contribution in [1.29, 1.82) is 0 Å². The van der Waals surface area contributed by atoms with Crippen molar-refractivity contribution in [3.8, 4) is 0 Å². The molecule has 7 atom stereocenters. The summed E-state index contributed by atoms with van der Waals surface area (Å²) < 4.78 is 39.1. The average molecular weight is 789 g/mol. The smallest absolute Gasteiger partial charge is 0.192 e. The van der Waals surface area contributed by atoms with Gasteiger partial charge in [0.25, 0.3) is 0 Å². The number of ketones is 1. The fourth-order valence-electron chi connectivity index (χ4n) is 9.15. The molecule has 1 N–H and O–H groups in total. The van der Waals surface area contributed by atoms with E-state index in [0.29, 0.717) is 32.5 Å². The number of rotatable bonds is 23. The lowest BCUT2D eigenvalue weighted by Crippen LogP contribution is -2.71. The van der Waals surface area contributed by atoms with Gasteiger partial charge in [-0.3, -0.25) is 4.79 Å². The van der Waals surface area contributed by atoms with Crippen LogP contribution in [0.5, 0.6) is 0 Å². The Hall–Kier alpha value is -0.289. The van der Waals surface area contributed by atoms with Crippen molar-refractivity contribution >= 4 is 36.8 Å². The number of hydrogen-bond donors (Lipinski definition) is 1. The lowest BCUT2D eigenvalue weighted by Gasteiger charge is -2.67. The van der Waals surface area contributed by atoms with Gasteiger partial charge in [0, 0.05) is 56.7 Å². The van der Waals surface area contributed by atoms with Gasteiger partial charge in [-0.15, -0.1) is 0 Å². The van der Waals surface area contributed by atoms with Gasteiger partial charge >= 0.3 is 0 Å². The number of carbonyl (C=O) groups is 2. The first-order valence-corrected chi connectivity index (χ1v) is 29.4.